The highest BCUT2D eigenvalue weighted by molar-refractivity contribution is 5.77. The van der Waals surface area contributed by atoms with Crippen LogP contribution in [0.15, 0.2) is 54.6 Å². The molecule has 0 N–H and O–H groups in total. The summed E-state index contributed by atoms with van der Waals surface area (Å²) < 4.78 is 5.99. The van der Waals surface area contributed by atoms with Gasteiger partial charge >= 0.3 is 0 Å². The molecule has 0 saturated carbocycles. The Hall–Kier alpha value is -2.06. The Bertz CT molecular complexity index is 570. The van der Waals surface area contributed by atoms with Gasteiger partial charge in [-0.25, -0.2) is 0 Å². The first-order valence-electron chi connectivity index (χ1n) is 7.26. The largest absolute Gasteiger partial charge is 0.492 e. The molecular formula is C19H23NO. The van der Waals surface area contributed by atoms with Crippen LogP contribution in [-0.2, 0) is 4.74 Å². The molecular weight excluding hydrogens is 258 g/mol. The summed E-state index contributed by atoms with van der Waals surface area (Å²) in [6.07, 6.45) is 2.10. The molecule has 0 amide bonds. The van der Waals surface area contributed by atoms with E-state index in [0.717, 1.165) is 23.4 Å². The molecule has 0 aromatic heterocycles. The van der Waals surface area contributed by atoms with Gasteiger partial charge < -0.3 is 9.64 Å². The van der Waals surface area contributed by atoms with E-state index in [0.29, 0.717) is 6.61 Å². The average molecular weight is 281 g/mol. The fraction of sp³-hybridized carbons (Fsp3) is 0.263. The van der Waals surface area contributed by atoms with Crippen LogP contribution in [0.3, 0.4) is 0 Å². The number of likely N-dealkylation sites (N-methyl/N-ethyl adjacent to an activating group) is 1. The molecule has 2 heteroatoms. The van der Waals surface area contributed by atoms with Crippen molar-refractivity contribution < 1.29 is 4.74 Å². The predicted molar refractivity (Wildman–Crippen MR) is 90.0 cm³/mol. The predicted octanol–water partition coefficient (Wildman–Crippen LogP) is 4.07. The Labute approximate surface area is 127 Å². The maximum Gasteiger partial charge on any atom is 0.127 e. The van der Waals surface area contributed by atoms with Crippen molar-refractivity contribution in [2.24, 2.45) is 0 Å². The van der Waals surface area contributed by atoms with Gasteiger partial charge in [-0.3, -0.25) is 0 Å². The molecule has 0 atom stereocenters. The lowest BCUT2D eigenvalue weighted by atomic mass is 10.1. The number of aryl methyl sites for hydroxylation is 1. The minimum Gasteiger partial charge on any atom is -0.492 e. The van der Waals surface area contributed by atoms with Crippen molar-refractivity contribution in [1.29, 1.82) is 0 Å². The molecule has 0 radical (unpaired) electrons. The van der Waals surface area contributed by atoms with E-state index in [-0.39, 0.29) is 0 Å². The van der Waals surface area contributed by atoms with E-state index in [1.807, 2.05) is 18.2 Å². The summed E-state index contributed by atoms with van der Waals surface area (Å²) in [5.41, 5.74) is 3.53. The Morgan fingerprint density at radius 1 is 1.00 bits per heavy atom. The monoisotopic (exact) mass is 281 g/mol. The van der Waals surface area contributed by atoms with Crippen molar-refractivity contribution in [2.45, 2.75) is 6.92 Å². The Morgan fingerprint density at radius 3 is 2.29 bits per heavy atom. The molecule has 0 heterocycles. The van der Waals surface area contributed by atoms with Crippen LogP contribution >= 0.6 is 0 Å². The summed E-state index contributed by atoms with van der Waals surface area (Å²) in [7, 11) is 4.10. The number of hydrogen-bond acceptors (Lipinski definition) is 2. The summed E-state index contributed by atoms with van der Waals surface area (Å²) >= 11 is 0. The highest BCUT2D eigenvalue weighted by Gasteiger charge is 2.03. The van der Waals surface area contributed by atoms with Gasteiger partial charge in [-0.05, 0) is 32.7 Å². The standard InChI is InChI=1S/C19H23NO/c1-16-9-11-17(12-10-16)15-19(21-14-13-20(2)3)18-7-5-4-6-8-18/h4-12,15H,13-14H2,1-3H3/b19-15-. The number of hydrogen-bond donors (Lipinski definition) is 0. The maximum absolute atomic E-state index is 5.99. The fourth-order valence-corrected chi connectivity index (χ4v) is 1.96. The van der Waals surface area contributed by atoms with E-state index in [4.69, 9.17) is 4.74 Å². The lowest BCUT2D eigenvalue weighted by Gasteiger charge is -2.14. The molecule has 0 aliphatic carbocycles. The minimum absolute atomic E-state index is 0.680. The second-order valence-corrected chi connectivity index (χ2v) is 5.44. The highest BCUT2D eigenvalue weighted by Crippen LogP contribution is 2.19. The smallest absolute Gasteiger partial charge is 0.127 e. The average Bonchev–Trinajstić information content (AvgIpc) is 2.49. The van der Waals surface area contributed by atoms with Crippen LogP contribution in [0.4, 0.5) is 0 Å². The fourth-order valence-electron chi connectivity index (χ4n) is 1.96. The molecule has 0 unspecified atom stereocenters. The first-order chi connectivity index (χ1) is 10.1. The van der Waals surface area contributed by atoms with Gasteiger partial charge in [0.25, 0.3) is 0 Å². The third kappa shape index (κ3) is 5.09. The molecule has 0 saturated heterocycles. The van der Waals surface area contributed by atoms with Gasteiger partial charge in [0.2, 0.25) is 0 Å². The SMILES string of the molecule is Cc1ccc(/C=C(\OCCN(C)C)c2ccccc2)cc1. The van der Waals surface area contributed by atoms with Crippen molar-refractivity contribution in [2.75, 3.05) is 27.2 Å². The van der Waals surface area contributed by atoms with Gasteiger partial charge in [0.1, 0.15) is 12.4 Å². The van der Waals surface area contributed by atoms with Crippen molar-refractivity contribution in [3.63, 3.8) is 0 Å². The van der Waals surface area contributed by atoms with Crippen molar-refractivity contribution in [1.82, 2.24) is 4.90 Å². The number of nitrogens with zero attached hydrogens (tertiary/aromatic N) is 1. The normalized spacial score (nSPS) is 11.7. The maximum atomic E-state index is 5.99. The van der Waals surface area contributed by atoms with Crippen LogP contribution in [-0.4, -0.2) is 32.1 Å². The number of benzene rings is 2. The number of ether oxygens (including phenoxy) is 1. The van der Waals surface area contributed by atoms with Gasteiger partial charge in [-0.1, -0.05) is 60.2 Å². The molecule has 0 spiro atoms. The molecule has 2 nitrogen and oxygen atoms in total. The molecule has 0 bridgehead atoms. The molecule has 2 aromatic rings. The second-order valence-electron chi connectivity index (χ2n) is 5.44. The van der Waals surface area contributed by atoms with Gasteiger partial charge in [-0.15, -0.1) is 0 Å². The minimum atomic E-state index is 0.680. The van der Waals surface area contributed by atoms with Gasteiger partial charge in [0.15, 0.2) is 0 Å². The van der Waals surface area contributed by atoms with E-state index in [1.165, 1.54) is 5.56 Å². The van der Waals surface area contributed by atoms with Crippen molar-refractivity contribution in [3.8, 4) is 0 Å². The third-order valence-corrected chi connectivity index (χ3v) is 3.23. The zero-order chi connectivity index (χ0) is 15.1. The summed E-state index contributed by atoms with van der Waals surface area (Å²) in [4.78, 5) is 2.12. The van der Waals surface area contributed by atoms with Gasteiger partial charge in [-0.2, -0.15) is 0 Å². The van der Waals surface area contributed by atoms with Crippen LogP contribution in [0, 0.1) is 6.92 Å². The molecule has 0 fully saturated rings. The summed E-state index contributed by atoms with van der Waals surface area (Å²) in [5, 5.41) is 0. The van der Waals surface area contributed by atoms with Crippen LogP contribution in [0.2, 0.25) is 0 Å². The van der Waals surface area contributed by atoms with Crippen molar-refractivity contribution >= 4 is 11.8 Å². The first-order valence-corrected chi connectivity index (χ1v) is 7.26. The van der Waals surface area contributed by atoms with E-state index in [9.17, 15) is 0 Å². The zero-order valence-corrected chi connectivity index (χ0v) is 13.0. The van der Waals surface area contributed by atoms with E-state index in [2.05, 4.69) is 68.4 Å². The second kappa shape index (κ2) is 7.65. The molecule has 2 aromatic carbocycles. The molecule has 2 rings (SSSR count). The van der Waals surface area contributed by atoms with Gasteiger partial charge in [0, 0.05) is 12.1 Å². The third-order valence-electron chi connectivity index (χ3n) is 3.23. The first kappa shape index (κ1) is 15.3. The summed E-state index contributed by atoms with van der Waals surface area (Å²) in [6, 6.07) is 18.7. The highest BCUT2D eigenvalue weighted by atomic mass is 16.5. The molecule has 110 valence electrons. The quantitative estimate of drug-likeness (QED) is 0.584. The van der Waals surface area contributed by atoms with Crippen molar-refractivity contribution in [3.05, 3.63) is 71.3 Å². The van der Waals surface area contributed by atoms with E-state index >= 15 is 0 Å². The van der Waals surface area contributed by atoms with E-state index < -0.39 is 0 Å². The van der Waals surface area contributed by atoms with Crippen LogP contribution in [0.1, 0.15) is 16.7 Å². The van der Waals surface area contributed by atoms with Crippen LogP contribution in [0.5, 0.6) is 0 Å². The Morgan fingerprint density at radius 2 is 1.67 bits per heavy atom. The van der Waals surface area contributed by atoms with Gasteiger partial charge in [0.05, 0.1) is 0 Å². The lowest BCUT2D eigenvalue weighted by Crippen LogP contribution is -2.17. The summed E-state index contributed by atoms with van der Waals surface area (Å²) in [5.74, 6) is 0.918. The number of rotatable bonds is 6. The van der Waals surface area contributed by atoms with Crippen LogP contribution < -0.4 is 0 Å². The molecule has 0 aliphatic rings. The topological polar surface area (TPSA) is 12.5 Å². The lowest BCUT2D eigenvalue weighted by molar-refractivity contribution is 0.234. The Kier molecular flexibility index (Phi) is 5.59. The summed E-state index contributed by atoms with van der Waals surface area (Å²) in [6.45, 7) is 3.68. The van der Waals surface area contributed by atoms with Crippen LogP contribution in [0.25, 0.3) is 11.8 Å². The molecule has 0 aliphatic heterocycles. The van der Waals surface area contributed by atoms with E-state index in [1.54, 1.807) is 0 Å². The molecule has 21 heavy (non-hydrogen) atoms. The zero-order valence-electron chi connectivity index (χ0n) is 13.0. The Balaban J connectivity index is 2.20.